The highest BCUT2D eigenvalue weighted by Gasteiger charge is 2.15. The number of fused-ring (bicyclic) bond motifs is 1. The van der Waals surface area contributed by atoms with E-state index in [4.69, 9.17) is 4.74 Å². The van der Waals surface area contributed by atoms with Gasteiger partial charge in [-0.15, -0.1) is 0 Å². The number of hydrogen-bond acceptors (Lipinski definition) is 4. The second-order valence-electron chi connectivity index (χ2n) is 5.06. The molecule has 0 radical (unpaired) electrons. The van der Waals surface area contributed by atoms with Gasteiger partial charge in [-0.1, -0.05) is 11.3 Å². The Labute approximate surface area is 139 Å². The molecule has 0 aliphatic rings. The van der Waals surface area contributed by atoms with Crippen LogP contribution in [0.3, 0.4) is 0 Å². The lowest BCUT2D eigenvalue weighted by Crippen LogP contribution is -2.20. The predicted octanol–water partition coefficient (Wildman–Crippen LogP) is 2.10. The van der Waals surface area contributed by atoms with Gasteiger partial charge in [-0.05, 0) is 12.1 Å². The van der Waals surface area contributed by atoms with E-state index in [2.05, 4.69) is 10.1 Å². The molecule has 0 atom stereocenters. The highest BCUT2D eigenvalue weighted by molar-refractivity contribution is 7.16. The molecule has 0 N–H and O–H groups in total. The molecule has 0 bridgehead atoms. The SMILES string of the molecule is COCCn1c(=NC(=O)c2ccn(C)n2)sc2cc(F)cc(F)c21. The molecule has 0 aliphatic carbocycles. The van der Waals surface area contributed by atoms with Crippen LogP contribution in [-0.2, 0) is 18.3 Å². The molecule has 3 aromatic rings. The third-order valence-electron chi connectivity index (χ3n) is 3.34. The Morgan fingerprint density at radius 3 is 2.88 bits per heavy atom. The number of ether oxygens (including phenoxy) is 1. The van der Waals surface area contributed by atoms with Crippen LogP contribution in [0.4, 0.5) is 8.78 Å². The number of carbonyl (C=O) groups excluding carboxylic acids is 1. The Hall–Kier alpha value is -2.39. The topological polar surface area (TPSA) is 61.4 Å². The van der Waals surface area contributed by atoms with Crippen LogP contribution in [0.25, 0.3) is 10.2 Å². The standard InChI is InChI=1S/C15H14F2N4O2S/c1-20-4-3-11(19-20)14(22)18-15-21(5-6-23-2)13-10(17)7-9(16)8-12(13)24-15/h3-4,7-8H,5-6H2,1-2H3. The van der Waals surface area contributed by atoms with Crippen molar-refractivity contribution in [2.75, 3.05) is 13.7 Å². The molecular formula is C15H14F2N4O2S. The van der Waals surface area contributed by atoms with Gasteiger partial charge in [0.25, 0.3) is 5.91 Å². The lowest BCUT2D eigenvalue weighted by molar-refractivity contribution is 0.0992. The molecule has 0 saturated carbocycles. The molecule has 126 valence electrons. The zero-order valence-electron chi connectivity index (χ0n) is 13.0. The van der Waals surface area contributed by atoms with Crippen LogP contribution in [0.5, 0.6) is 0 Å². The normalized spacial score (nSPS) is 12.2. The van der Waals surface area contributed by atoms with Crippen molar-refractivity contribution < 1.29 is 18.3 Å². The summed E-state index contributed by atoms with van der Waals surface area (Å²) in [4.78, 5) is 16.5. The minimum absolute atomic E-state index is 0.180. The third kappa shape index (κ3) is 3.13. The number of methoxy groups -OCH3 is 1. The van der Waals surface area contributed by atoms with Crippen LogP contribution in [0.2, 0.25) is 0 Å². The average molecular weight is 352 g/mol. The van der Waals surface area contributed by atoms with Crippen molar-refractivity contribution in [1.82, 2.24) is 14.3 Å². The zero-order valence-corrected chi connectivity index (χ0v) is 13.8. The quantitative estimate of drug-likeness (QED) is 0.722. The summed E-state index contributed by atoms with van der Waals surface area (Å²) in [5.41, 5.74) is 0.380. The Bertz CT molecular complexity index is 974. The second kappa shape index (κ2) is 6.62. The van der Waals surface area contributed by atoms with Crippen molar-refractivity contribution in [2.45, 2.75) is 6.54 Å². The van der Waals surface area contributed by atoms with Crippen molar-refractivity contribution in [3.05, 3.63) is 46.5 Å². The first-order valence-corrected chi connectivity index (χ1v) is 7.87. The number of aromatic nitrogens is 3. The number of thiazole rings is 1. The molecule has 0 fully saturated rings. The van der Waals surface area contributed by atoms with Gasteiger partial charge in [0.15, 0.2) is 16.3 Å². The van der Waals surface area contributed by atoms with E-state index in [0.29, 0.717) is 11.3 Å². The third-order valence-corrected chi connectivity index (χ3v) is 4.37. The molecule has 0 spiro atoms. The van der Waals surface area contributed by atoms with Crippen LogP contribution >= 0.6 is 11.3 Å². The minimum Gasteiger partial charge on any atom is -0.383 e. The summed E-state index contributed by atoms with van der Waals surface area (Å²) < 4.78 is 36.0. The molecular weight excluding hydrogens is 338 g/mol. The first-order valence-electron chi connectivity index (χ1n) is 7.05. The molecule has 0 aliphatic heterocycles. The van der Waals surface area contributed by atoms with Crippen LogP contribution < -0.4 is 4.80 Å². The van der Waals surface area contributed by atoms with Crippen LogP contribution in [-0.4, -0.2) is 34.0 Å². The maximum Gasteiger partial charge on any atom is 0.300 e. The number of benzene rings is 1. The van der Waals surface area contributed by atoms with Gasteiger partial charge < -0.3 is 9.30 Å². The maximum absolute atomic E-state index is 14.2. The predicted molar refractivity (Wildman–Crippen MR) is 84.7 cm³/mol. The Morgan fingerprint density at radius 2 is 2.21 bits per heavy atom. The Kier molecular flexibility index (Phi) is 4.54. The largest absolute Gasteiger partial charge is 0.383 e. The summed E-state index contributed by atoms with van der Waals surface area (Å²) in [7, 11) is 3.20. The lowest BCUT2D eigenvalue weighted by Gasteiger charge is -2.05. The first-order chi connectivity index (χ1) is 11.5. The molecule has 1 amide bonds. The summed E-state index contributed by atoms with van der Waals surface area (Å²) in [5, 5.41) is 3.99. The van der Waals surface area contributed by atoms with Crippen molar-refractivity contribution >= 4 is 27.5 Å². The van der Waals surface area contributed by atoms with Crippen molar-refractivity contribution in [3.8, 4) is 0 Å². The van der Waals surface area contributed by atoms with Gasteiger partial charge in [-0.25, -0.2) is 8.78 Å². The first kappa shape index (κ1) is 16.5. The molecule has 2 heterocycles. The summed E-state index contributed by atoms with van der Waals surface area (Å²) in [6, 6.07) is 3.57. The van der Waals surface area contributed by atoms with Crippen LogP contribution in [0, 0.1) is 11.6 Å². The number of carbonyl (C=O) groups is 1. The zero-order chi connectivity index (χ0) is 17.3. The monoisotopic (exact) mass is 352 g/mol. The molecule has 1 aromatic carbocycles. The van der Waals surface area contributed by atoms with Gasteiger partial charge in [0.1, 0.15) is 5.82 Å². The summed E-state index contributed by atoms with van der Waals surface area (Å²) in [6.07, 6.45) is 1.63. The van der Waals surface area contributed by atoms with Gasteiger partial charge in [-0.2, -0.15) is 10.1 Å². The number of nitrogens with zero attached hydrogens (tertiary/aromatic N) is 4. The van der Waals surface area contributed by atoms with E-state index >= 15 is 0 Å². The van der Waals surface area contributed by atoms with E-state index in [0.717, 1.165) is 17.4 Å². The fourth-order valence-electron chi connectivity index (χ4n) is 2.28. The Morgan fingerprint density at radius 1 is 1.42 bits per heavy atom. The van der Waals surface area contributed by atoms with E-state index in [9.17, 15) is 13.6 Å². The van der Waals surface area contributed by atoms with Crippen LogP contribution in [0.15, 0.2) is 29.4 Å². The van der Waals surface area contributed by atoms with Gasteiger partial charge in [0, 0.05) is 33.0 Å². The van der Waals surface area contributed by atoms with Gasteiger partial charge in [0.05, 0.1) is 16.8 Å². The number of aryl methyl sites for hydroxylation is 1. The molecule has 0 saturated heterocycles. The summed E-state index contributed by atoms with van der Waals surface area (Å²) in [6.45, 7) is 0.584. The molecule has 0 unspecified atom stereocenters. The average Bonchev–Trinajstić information content (AvgIpc) is 3.09. The molecule has 24 heavy (non-hydrogen) atoms. The number of hydrogen-bond donors (Lipinski definition) is 0. The Balaban J connectivity index is 2.17. The molecule has 2 aromatic heterocycles. The fraction of sp³-hybridized carbons (Fsp3) is 0.267. The smallest absolute Gasteiger partial charge is 0.300 e. The van der Waals surface area contributed by atoms with E-state index < -0.39 is 17.5 Å². The summed E-state index contributed by atoms with van der Waals surface area (Å²) >= 11 is 1.04. The number of rotatable bonds is 4. The number of halogens is 2. The van der Waals surface area contributed by atoms with E-state index in [1.807, 2.05) is 0 Å². The summed E-state index contributed by atoms with van der Waals surface area (Å²) in [5.74, 6) is -1.93. The molecule has 3 rings (SSSR count). The van der Waals surface area contributed by atoms with Crippen molar-refractivity contribution in [2.24, 2.45) is 12.0 Å². The lowest BCUT2D eigenvalue weighted by atomic mass is 10.3. The van der Waals surface area contributed by atoms with E-state index in [1.165, 1.54) is 22.4 Å². The molecule has 9 heteroatoms. The van der Waals surface area contributed by atoms with Gasteiger partial charge >= 0.3 is 0 Å². The number of amides is 1. The van der Waals surface area contributed by atoms with Crippen LogP contribution in [0.1, 0.15) is 10.5 Å². The minimum atomic E-state index is -0.705. The highest BCUT2D eigenvalue weighted by atomic mass is 32.1. The highest BCUT2D eigenvalue weighted by Crippen LogP contribution is 2.22. The van der Waals surface area contributed by atoms with E-state index in [-0.39, 0.29) is 22.6 Å². The molecule has 6 nitrogen and oxygen atoms in total. The van der Waals surface area contributed by atoms with Crippen molar-refractivity contribution in [1.29, 1.82) is 0 Å². The van der Waals surface area contributed by atoms with Gasteiger partial charge in [-0.3, -0.25) is 9.48 Å². The maximum atomic E-state index is 14.2. The fourth-order valence-corrected chi connectivity index (χ4v) is 3.37. The second-order valence-corrected chi connectivity index (χ2v) is 6.06. The van der Waals surface area contributed by atoms with Gasteiger partial charge in [0.2, 0.25) is 0 Å². The van der Waals surface area contributed by atoms with Crippen molar-refractivity contribution in [3.63, 3.8) is 0 Å². The van der Waals surface area contributed by atoms with E-state index in [1.54, 1.807) is 19.3 Å².